The summed E-state index contributed by atoms with van der Waals surface area (Å²) in [5.41, 5.74) is -0.140. The van der Waals surface area contributed by atoms with Gasteiger partial charge >= 0.3 is 0 Å². The van der Waals surface area contributed by atoms with Gasteiger partial charge in [-0.25, -0.2) is 8.78 Å². The lowest BCUT2D eigenvalue weighted by atomic mass is 10.1. The standard InChI is InChI=1S/C16H21F2NO/c1-19(11-12-5-2-3-6-12)10-9-15(20)13-7-4-8-14(17)16(13)18/h4,7-8,12H,2-3,5-6,9-11H2,1H3. The van der Waals surface area contributed by atoms with Gasteiger partial charge in [0.2, 0.25) is 0 Å². The van der Waals surface area contributed by atoms with E-state index in [1.54, 1.807) is 0 Å². The quantitative estimate of drug-likeness (QED) is 0.742. The highest BCUT2D eigenvalue weighted by Crippen LogP contribution is 2.25. The van der Waals surface area contributed by atoms with Crippen molar-refractivity contribution >= 4 is 5.78 Å². The minimum absolute atomic E-state index is 0.140. The van der Waals surface area contributed by atoms with Gasteiger partial charge in [0.05, 0.1) is 5.56 Å². The Balaban J connectivity index is 1.83. The molecule has 4 heteroatoms. The van der Waals surface area contributed by atoms with E-state index in [-0.39, 0.29) is 17.8 Å². The fraction of sp³-hybridized carbons (Fsp3) is 0.562. The van der Waals surface area contributed by atoms with E-state index in [0.29, 0.717) is 6.54 Å². The van der Waals surface area contributed by atoms with Gasteiger partial charge < -0.3 is 4.90 Å². The Morgan fingerprint density at radius 1 is 1.30 bits per heavy atom. The third-order valence-electron chi connectivity index (χ3n) is 4.02. The van der Waals surface area contributed by atoms with Crippen molar-refractivity contribution in [3.63, 3.8) is 0 Å². The number of halogens is 2. The molecule has 1 aliphatic rings. The fourth-order valence-electron chi connectivity index (χ4n) is 2.87. The molecule has 0 radical (unpaired) electrons. The summed E-state index contributed by atoms with van der Waals surface area (Å²) in [6, 6.07) is 3.74. The van der Waals surface area contributed by atoms with Gasteiger partial charge in [0.15, 0.2) is 17.4 Å². The van der Waals surface area contributed by atoms with Crippen LogP contribution in [-0.2, 0) is 0 Å². The Hall–Kier alpha value is -1.29. The van der Waals surface area contributed by atoms with Crippen LogP contribution in [0.1, 0.15) is 42.5 Å². The summed E-state index contributed by atoms with van der Waals surface area (Å²) in [4.78, 5) is 14.0. The molecule has 0 N–H and O–H groups in total. The summed E-state index contributed by atoms with van der Waals surface area (Å²) in [5.74, 6) is -1.60. The number of hydrogen-bond acceptors (Lipinski definition) is 2. The maximum absolute atomic E-state index is 13.5. The molecule has 110 valence electrons. The van der Waals surface area contributed by atoms with Gasteiger partial charge in [-0.05, 0) is 37.9 Å². The van der Waals surface area contributed by atoms with Crippen LogP contribution in [0.5, 0.6) is 0 Å². The number of Topliss-reactive ketones (excluding diaryl/α,β-unsaturated/α-hetero) is 1. The minimum Gasteiger partial charge on any atom is -0.306 e. The second kappa shape index (κ2) is 6.93. The molecule has 2 rings (SSSR count). The lowest BCUT2D eigenvalue weighted by Crippen LogP contribution is -2.27. The number of hydrogen-bond donors (Lipinski definition) is 0. The SMILES string of the molecule is CN(CCC(=O)c1cccc(F)c1F)CC1CCCC1. The van der Waals surface area contributed by atoms with Crippen molar-refractivity contribution in [3.8, 4) is 0 Å². The molecule has 0 aromatic heterocycles. The number of rotatable bonds is 6. The molecule has 0 aliphatic heterocycles. The number of carbonyl (C=O) groups is 1. The molecule has 2 nitrogen and oxygen atoms in total. The van der Waals surface area contributed by atoms with Crippen LogP contribution < -0.4 is 0 Å². The van der Waals surface area contributed by atoms with Gasteiger partial charge in [0, 0.05) is 19.5 Å². The molecular formula is C16H21F2NO. The van der Waals surface area contributed by atoms with Gasteiger partial charge in [-0.15, -0.1) is 0 Å². The van der Waals surface area contributed by atoms with Crippen LogP contribution >= 0.6 is 0 Å². The van der Waals surface area contributed by atoms with E-state index < -0.39 is 11.6 Å². The second-order valence-electron chi connectivity index (χ2n) is 5.69. The molecule has 1 aromatic carbocycles. The van der Waals surface area contributed by atoms with Crippen LogP contribution in [0.3, 0.4) is 0 Å². The summed E-state index contributed by atoms with van der Waals surface area (Å²) in [7, 11) is 1.98. The van der Waals surface area contributed by atoms with Gasteiger partial charge in [0.1, 0.15) is 0 Å². The van der Waals surface area contributed by atoms with E-state index in [0.717, 1.165) is 18.5 Å². The van der Waals surface area contributed by atoms with E-state index in [1.807, 2.05) is 7.05 Å². The van der Waals surface area contributed by atoms with Crippen LogP contribution in [0.15, 0.2) is 18.2 Å². The van der Waals surface area contributed by atoms with Crippen molar-refractivity contribution in [2.45, 2.75) is 32.1 Å². The molecule has 0 spiro atoms. The highest BCUT2D eigenvalue weighted by molar-refractivity contribution is 5.96. The Bertz CT molecular complexity index is 470. The maximum Gasteiger partial charge on any atom is 0.169 e. The zero-order valence-corrected chi connectivity index (χ0v) is 11.9. The average Bonchev–Trinajstić information content (AvgIpc) is 2.92. The lowest BCUT2D eigenvalue weighted by Gasteiger charge is -2.20. The Morgan fingerprint density at radius 3 is 2.70 bits per heavy atom. The van der Waals surface area contributed by atoms with Crippen molar-refractivity contribution in [2.24, 2.45) is 5.92 Å². The number of nitrogens with zero attached hydrogens (tertiary/aromatic N) is 1. The van der Waals surface area contributed by atoms with Gasteiger partial charge in [0.25, 0.3) is 0 Å². The third kappa shape index (κ3) is 3.85. The topological polar surface area (TPSA) is 20.3 Å². The van der Waals surface area contributed by atoms with Gasteiger partial charge in [-0.2, -0.15) is 0 Å². The molecule has 0 bridgehead atoms. The van der Waals surface area contributed by atoms with Crippen LogP contribution in [0.4, 0.5) is 8.78 Å². The summed E-state index contributed by atoms with van der Waals surface area (Å²) < 4.78 is 26.6. The van der Waals surface area contributed by atoms with E-state index in [4.69, 9.17) is 0 Å². The predicted molar refractivity (Wildman–Crippen MR) is 74.8 cm³/mol. The normalized spacial score (nSPS) is 16.0. The lowest BCUT2D eigenvalue weighted by molar-refractivity contribution is 0.0961. The molecular weight excluding hydrogens is 260 g/mol. The number of benzene rings is 1. The van der Waals surface area contributed by atoms with Crippen molar-refractivity contribution in [3.05, 3.63) is 35.4 Å². The summed E-state index contributed by atoms with van der Waals surface area (Å²) >= 11 is 0. The molecule has 0 atom stereocenters. The summed E-state index contributed by atoms with van der Waals surface area (Å²) in [6.45, 7) is 1.57. The van der Waals surface area contributed by atoms with E-state index in [9.17, 15) is 13.6 Å². The largest absolute Gasteiger partial charge is 0.306 e. The second-order valence-corrected chi connectivity index (χ2v) is 5.69. The highest BCUT2D eigenvalue weighted by Gasteiger charge is 2.18. The maximum atomic E-state index is 13.5. The van der Waals surface area contributed by atoms with Crippen molar-refractivity contribution in [1.29, 1.82) is 0 Å². The zero-order chi connectivity index (χ0) is 14.5. The molecule has 20 heavy (non-hydrogen) atoms. The van der Waals surface area contributed by atoms with Gasteiger partial charge in [-0.3, -0.25) is 4.79 Å². The molecule has 0 unspecified atom stereocenters. The number of carbonyl (C=O) groups excluding carboxylic acids is 1. The monoisotopic (exact) mass is 281 g/mol. The first-order chi connectivity index (χ1) is 9.58. The van der Waals surface area contributed by atoms with Crippen molar-refractivity contribution in [1.82, 2.24) is 4.90 Å². The molecule has 1 aliphatic carbocycles. The van der Waals surface area contributed by atoms with Crippen molar-refractivity contribution in [2.75, 3.05) is 20.1 Å². The van der Waals surface area contributed by atoms with E-state index in [2.05, 4.69) is 4.90 Å². The predicted octanol–water partition coefficient (Wildman–Crippen LogP) is 3.66. The Morgan fingerprint density at radius 2 is 2.00 bits per heavy atom. The zero-order valence-electron chi connectivity index (χ0n) is 11.9. The van der Waals surface area contributed by atoms with Crippen LogP contribution in [-0.4, -0.2) is 30.8 Å². The summed E-state index contributed by atoms with van der Waals surface area (Å²) in [5, 5.41) is 0. The Labute approximate surface area is 118 Å². The van der Waals surface area contributed by atoms with Crippen LogP contribution in [0, 0.1) is 17.6 Å². The first-order valence-corrected chi connectivity index (χ1v) is 7.23. The molecule has 1 saturated carbocycles. The molecule has 1 fully saturated rings. The fourth-order valence-corrected chi connectivity index (χ4v) is 2.87. The first-order valence-electron chi connectivity index (χ1n) is 7.23. The molecule has 0 saturated heterocycles. The van der Waals surface area contributed by atoms with Gasteiger partial charge in [-0.1, -0.05) is 18.9 Å². The smallest absolute Gasteiger partial charge is 0.169 e. The number of ketones is 1. The summed E-state index contributed by atoms with van der Waals surface area (Å²) in [6.07, 6.45) is 5.34. The highest BCUT2D eigenvalue weighted by atomic mass is 19.2. The third-order valence-corrected chi connectivity index (χ3v) is 4.02. The molecule has 0 heterocycles. The average molecular weight is 281 g/mol. The minimum atomic E-state index is -1.03. The molecule has 1 aromatic rings. The first kappa shape index (κ1) is 15.1. The van der Waals surface area contributed by atoms with Crippen LogP contribution in [0.25, 0.3) is 0 Å². The van der Waals surface area contributed by atoms with E-state index >= 15 is 0 Å². The molecule has 0 amide bonds. The van der Waals surface area contributed by atoms with Crippen LogP contribution in [0.2, 0.25) is 0 Å². The van der Waals surface area contributed by atoms with Crippen molar-refractivity contribution < 1.29 is 13.6 Å². The Kier molecular flexibility index (Phi) is 5.24. The van der Waals surface area contributed by atoms with E-state index in [1.165, 1.54) is 37.8 Å².